The zero-order chi connectivity index (χ0) is 18.8. The maximum atomic E-state index is 13.3. The molecule has 0 aliphatic heterocycles. The van der Waals surface area contributed by atoms with Gasteiger partial charge in [0.05, 0.1) is 6.04 Å². The number of halogens is 1. The molecule has 1 aliphatic rings. The number of primary amides is 1. The fourth-order valence-electron chi connectivity index (χ4n) is 3.19. The Labute approximate surface area is 150 Å². The fourth-order valence-corrected chi connectivity index (χ4v) is 3.19. The molecule has 4 N–H and O–H groups in total. The molecular formula is C17H22FN7O. The Morgan fingerprint density at radius 1 is 1.46 bits per heavy atom. The van der Waals surface area contributed by atoms with Crippen molar-refractivity contribution < 1.29 is 9.18 Å². The third-order valence-electron chi connectivity index (χ3n) is 4.67. The van der Waals surface area contributed by atoms with Crippen molar-refractivity contribution in [1.29, 1.82) is 5.41 Å². The molecule has 1 aliphatic carbocycles. The summed E-state index contributed by atoms with van der Waals surface area (Å²) in [5.41, 5.74) is 6.64. The van der Waals surface area contributed by atoms with E-state index < -0.39 is 11.9 Å². The summed E-state index contributed by atoms with van der Waals surface area (Å²) in [7, 11) is 4.01. The van der Waals surface area contributed by atoms with E-state index in [4.69, 9.17) is 11.1 Å². The molecule has 2 aromatic heterocycles. The molecule has 0 radical (unpaired) electrons. The van der Waals surface area contributed by atoms with E-state index in [0.717, 1.165) is 12.8 Å². The van der Waals surface area contributed by atoms with Crippen molar-refractivity contribution in [3.8, 4) is 0 Å². The van der Waals surface area contributed by atoms with E-state index in [1.165, 1.54) is 12.3 Å². The van der Waals surface area contributed by atoms with Crippen LogP contribution in [0.15, 0.2) is 24.5 Å². The Bertz CT molecular complexity index is 832. The van der Waals surface area contributed by atoms with E-state index in [-0.39, 0.29) is 17.4 Å². The number of nitrogens with two attached hydrogens (primary N) is 1. The molecule has 3 rings (SSSR count). The van der Waals surface area contributed by atoms with E-state index in [9.17, 15) is 9.18 Å². The number of hydrogen-bond donors (Lipinski definition) is 3. The first-order valence-corrected chi connectivity index (χ1v) is 8.36. The van der Waals surface area contributed by atoms with Crippen LogP contribution in [0.1, 0.15) is 35.7 Å². The van der Waals surface area contributed by atoms with Crippen molar-refractivity contribution in [3.05, 3.63) is 36.0 Å². The van der Waals surface area contributed by atoms with E-state index in [0.29, 0.717) is 23.9 Å². The first-order valence-electron chi connectivity index (χ1n) is 8.36. The standard InChI is InChI=1S/C17H22FN7O/c1-24(2)11-3-4-14(13(19)8-11)25-9-12(16(20)26)17(23-25)22-10-5-6-21-15(18)7-10/h5-7,9,11,14,19H,3-4,8H2,1-2H3,(H2,20,26)(H,21,22,23)/t11-,14+/m1/s1. The molecule has 0 bridgehead atoms. The van der Waals surface area contributed by atoms with E-state index >= 15 is 0 Å². The second kappa shape index (κ2) is 7.20. The highest BCUT2D eigenvalue weighted by atomic mass is 19.1. The molecule has 2 aromatic rings. The Balaban J connectivity index is 1.86. The van der Waals surface area contributed by atoms with Crippen LogP contribution in [0.4, 0.5) is 15.9 Å². The summed E-state index contributed by atoms with van der Waals surface area (Å²) in [5, 5.41) is 15.7. The summed E-state index contributed by atoms with van der Waals surface area (Å²) in [4.78, 5) is 17.4. The van der Waals surface area contributed by atoms with Gasteiger partial charge in [0.2, 0.25) is 5.95 Å². The molecule has 0 saturated heterocycles. The van der Waals surface area contributed by atoms with Gasteiger partial charge in [0.1, 0.15) is 5.56 Å². The number of hydrogen-bond acceptors (Lipinski definition) is 6. The SMILES string of the molecule is CN(C)[C@@H]1CC[C@H](n2cc(C(N)=O)c(Nc3ccnc(F)c3)n2)C(=N)C1. The molecule has 0 aromatic carbocycles. The predicted octanol–water partition coefficient (Wildman–Crippen LogP) is 1.93. The Morgan fingerprint density at radius 2 is 2.23 bits per heavy atom. The van der Waals surface area contributed by atoms with Crippen LogP contribution in [0.3, 0.4) is 0 Å². The number of nitrogens with zero attached hydrogens (tertiary/aromatic N) is 4. The van der Waals surface area contributed by atoms with Crippen molar-refractivity contribution >= 4 is 23.1 Å². The van der Waals surface area contributed by atoms with Gasteiger partial charge in [0, 0.05) is 42.3 Å². The average molecular weight is 359 g/mol. The first-order chi connectivity index (χ1) is 12.3. The minimum atomic E-state index is -0.640. The van der Waals surface area contributed by atoms with Gasteiger partial charge in [-0.15, -0.1) is 0 Å². The van der Waals surface area contributed by atoms with Crippen molar-refractivity contribution in [2.45, 2.75) is 31.3 Å². The number of nitrogens with one attached hydrogen (secondary N) is 2. The normalized spacial score (nSPS) is 20.4. The van der Waals surface area contributed by atoms with Gasteiger partial charge in [-0.05, 0) is 33.0 Å². The number of pyridine rings is 1. The lowest BCUT2D eigenvalue weighted by atomic mass is 9.89. The molecule has 9 heteroatoms. The summed E-state index contributed by atoms with van der Waals surface area (Å²) >= 11 is 0. The minimum absolute atomic E-state index is 0.199. The van der Waals surface area contributed by atoms with Crippen molar-refractivity contribution in [3.63, 3.8) is 0 Å². The number of carbonyl (C=O) groups is 1. The van der Waals surface area contributed by atoms with Crippen LogP contribution in [-0.4, -0.2) is 51.4 Å². The Kier molecular flexibility index (Phi) is 4.99. The number of aromatic nitrogens is 3. The maximum Gasteiger partial charge on any atom is 0.254 e. The zero-order valence-corrected chi connectivity index (χ0v) is 14.7. The number of anilines is 2. The van der Waals surface area contributed by atoms with Crippen LogP contribution >= 0.6 is 0 Å². The van der Waals surface area contributed by atoms with Gasteiger partial charge in [0.15, 0.2) is 5.82 Å². The van der Waals surface area contributed by atoms with Crippen molar-refractivity contribution in [2.24, 2.45) is 5.73 Å². The molecule has 8 nitrogen and oxygen atoms in total. The van der Waals surface area contributed by atoms with Crippen LogP contribution in [0, 0.1) is 11.4 Å². The summed E-state index contributed by atoms with van der Waals surface area (Å²) in [6, 6.07) is 2.89. The van der Waals surface area contributed by atoms with Crippen LogP contribution in [0.5, 0.6) is 0 Å². The zero-order valence-electron chi connectivity index (χ0n) is 14.7. The monoisotopic (exact) mass is 359 g/mol. The third-order valence-corrected chi connectivity index (χ3v) is 4.67. The van der Waals surface area contributed by atoms with Crippen LogP contribution < -0.4 is 11.1 Å². The van der Waals surface area contributed by atoms with Crippen molar-refractivity contribution in [2.75, 3.05) is 19.4 Å². The molecule has 1 saturated carbocycles. The van der Waals surface area contributed by atoms with Crippen LogP contribution in [-0.2, 0) is 0 Å². The fraction of sp³-hybridized carbons (Fsp3) is 0.412. The van der Waals surface area contributed by atoms with Gasteiger partial charge in [-0.3, -0.25) is 9.48 Å². The molecule has 0 spiro atoms. The Morgan fingerprint density at radius 3 is 2.85 bits per heavy atom. The largest absolute Gasteiger partial charge is 0.365 e. The van der Waals surface area contributed by atoms with Gasteiger partial charge < -0.3 is 21.4 Å². The first kappa shape index (κ1) is 18.0. The van der Waals surface area contributed by atoms with Gasteiger partial charge >= 0.3 is 0 Å². The quantitative estimate of drug-likeness (QED) is 0.706. The molecule has 2 atom stereocenters. The maximum absolute atomic E-state index is 13.3. The summed E-state index contributed by atoms with van der Waals surface area (Å²) in [6.45, 7) is 0. The van der Waals surface area contributed by atoms with Crippen molar-refractivity contribution in [1.82, 2.24) is 19.7 Å². The van der Waals surface area contributed by atoms with Crippen LogP contribution in [0.2, 0.25) is 0 Å². The highest BCUT2D eigenvalue weighted by Crippen LogP contribution is 2.29. The number of carbonyl (C=O) groups excluding carboxylic acids is 1. The molecule has 1 fully saturated rings. The number of rotatable bonds is 5. The lowest BCUT2D eigenvalue weighted by Crippen LogP contribution is -2.38. The second-order valence-electron chi connectivity index (χ2n) is 6.67. The second-order valence-corrected chi connectivity index (χ2v) is 6.67. The Hall–Kier alpha value is -2.81. The topological polar surface area (TPSA) is 113 Å². The van der Waals surface area contributed by atoms with Gasteiger partial charge in [-0.1, -0.05) is 0 Å². The van der Waals surface area contributed by atoms with E-state index in [1.54, 1.807) is 16.9 Å². The van der Waals surface area contributed by atoms with E-state index in [2.05, 4.69) is 20.3 Å². The molecule has 138 valence electrons. The lowest BCUT2D eigenvalue weighted by molar-refractivity contribution is 0.100. The third kappa shape index (κ3) is 3.72. The summed E-state index contributed by atoms with van der Waals surface area (Å²) in [6.07, 6.45) is 5.21. The van der Waals surface area contributed by atoms with Gasteiger partial charge in [-0.2, -0.15) is 9.49 Å². The summed E-state index contributed by atoms with van der Waals surface area (Å²) < 4.78 is 14.9. The van der Waals surface area contributed by atoms with Gasteiger partial charge in [0.25, 0.3) is 5.91 Å². The van der Waals surface area contributed by atoms with Gasteiger partial charge in [-0.25, -0.2) is 4.98 Å². The lowest BCUT2D eigenvalue weighted by Gasteiger charge is -2.33. The summed E-state index contributed by atoms with van der Waals surface area (Å²) in [5.74, 6) is -1.04. The minimum Gasteiger partial charge on any atom is -0.365 e. The highest BCUT2D eigenvalue weighted by Gasteiger charge is 2.30. The van der Waals surface area contributed by atoms with E-state index in [1.807, 2.05) is 14.1 Å². The molecular weight excluding hydrogens is 337 g/mol. The van der Waals surface area contributed by atoms with Crippen LogP contribution in [0.25, 0.3) is 0 Å². The predicted molar refractivity (Wildman–Crippen MR) is 96.3 cm³/mol. The molecule has 2 heterocycles. The number of amides is 1. The average Bonchev–Trinajstić information content (AvgIpc) is 2.98. The molecule has 0 unspecified atom stereocenters. The molecule has 26 heavy (non-hydrogen) atoms. The smallest absolute Gasteiger partial charge is 0.254 e. The molecule has 1 amide bonds. The highest BCUT2D eigenvalue weighted by molar-refractivity contribution is 5.98.